The van der Waals surface area contributed by atoms with Crippen LogP contribution in [0.25, 0.3) is 0 Å². The van der Waals surface area contributed by atoms with E-state index in [1.807, 2.05) is 0 Å². The average Bonchev–Trinajstić information content (AvgIpc) is 2.50. The van der Waals surface area contributed by atoms with Crippen molar-refractivity contribution in [2.75, 3.05) is 0 Å². The molecule has 3 aliphatic carbocycles. The lowest BCUT2D eigenvalue weighted by Crippen LogP contribution is -2.82. The highest BCUT2D eigenvalue weighted by molar-refractivity contribution is 5.51. The first-order valence-corrected chi connectivity index (χ1v) is 9.31. The molecule has 4 atom stereocenters. The summed E-state index contributed by atoms with van der Waals surface area (Å²) in [5, 5.41) is 0. The van der Waals surface area contributed by atoms with Crippen molar-refractivity contribution in [2.45, 2.75) is 67.2 Å². The summed E-state index contributed by atoms with van der Waals surface area (Å²) in [6.45, 7) is 14.6. The molecule has 0 amide bonds. The molecule has 1 aromatic rings. The van der Waals surface area contributed by atoms with Gasteiger partial charge >= 0.3 is 0 Å². The predicted molar refractivity (Wildman–Crippen MR) is 97.2 cm³/mol. The number of fused-ring (bicyclic) bond motifs is 5. The molecule has 0 saturated heterocycles. The van der Waals surface area contributed by atoms with Gasteiger partial charge in [-0.25, -0.2) is 0 Å². The molecule has 0 aromatic heterocycles. The van der Waals surface area contributed by atoms with Gasteiger partial charge in [-0.15, -0.1) is 0 Å². The van der Waals surface area contributed by atoms with Crippen molar-refractivity contribution in [1.29, 1.82) is 0 Å². The van der Waals surface area contributed by atoms with Gasteiger partial charge < -0.3 is 0 Å². The van der Waals surface area contributed by atoms with E-state index in [-0.39, 0.29) is 0 Å². The highest BCUT2D eigenvalue weighted by Gasteiger charge is 2.83. The van der Waals surface area contributed by atoms with Crippen LogP contribution in [-0.4, -0.2) is 0 Å². The summed E-state index contributed by atoms with van der Waals surface area (Å²) in [7, 11) is 0. The maximum absolute atomic E-state index is 3.48. The second kappa shape index (κ2) is 4.24. The van der Waals surface area contributed by atoms with Crippen molar-refractivity contribution >= 4 is 0 Å². The molecular weight excluding hydrogens is 276 g/mol. The summed E-state index contributed by atoms with van der Waals surface area (Å²) >= 11 is 0. The zero-order valence-electron chi connectivity index (χ0n) is 15.6. The molecule has 0 heteroatoms. The fraction of sp³-hybridized carbons (Fsp3) is 0.652. The number of hydrogen-bond donors (Lipinski definition) is 0. The Hall–Kier alpha value is -1.22. The van der Waals surface area contributed by atoms with Crippen LogP contribution in [0, 0.1) is 39.4 Å². The molecule has 0 N–H and O–H groups in total. The Morgan fingerprint density at radius 1 is 0.870 bits per heavy atom. The van der Waals surface area contributed by atoms with Crippen LogP contribution in [-0.2, 0) is 12.8 Å². The fourth-order valence-corrected chi connectivity index (χ4v) is 6.66. The lowest BCUT2D eigenvalue weighted by Gasteiger charge is -2.87. The van der Waals surface area contributed by atoms with Crippen LogP contribution in [0.5, 0.6) is 0 Å². The second-order valence-electron chi connectivity index (χ2n) is 9.55. The first-order valence-electron chi connectivity index (χ1n) is 9.31. The zero-order valence-corrected chi connectivity index (χ0v) is 15.6. The van der Waals surface area contributed by atoms with Gasteiger partial charge in [0.1, 0.15) is 0 Å². The molecule has 2 fully saturated rings. The molecule has 0 aliphatic heterocycles. The Bertz CT molecular complexity index is 745. The summed E-state index contributed by atoms with van der Waals surface area (Å²) < 4.78 is 0. The van der Waals surface area contributed by atoms with Gasteiger partial charge in [0, 0.05) is 11.5 Å². The minimum Gasteiger partial charge on any atom is -0.0951 e. The van der Waals surface area contributed by atoms with Gasteiger partial charge in [-0.3, -0.25) is 0 Å². The predicted octanol–water partition coefficient (Wildman–Crippen LogP) is 5.63. The first-order chi connectivity index (χ1) is 10.7. The van der Waals surface area contributed by atoms with Crippen molar-refractivity contribution in [1.82, 2.24) is 0 Å². The Balaban J connectivity index is 1.83. The summed E-state index contributed by atoms with van der Waals surface area (Å²) in [4.78, 5) is 0. The van der Waals surface area contributed by atoms with Gasteiger partial charge in [-0.2, -0.15) is 0 Å². The smallest absolute Gasteiger partial charge is 0.0280 e. The molecule has 3 aliphatic rings. The first kappa shape index (κ1) is 15.3. The maximum Gasteiger partial charge on any atom is 0.0280 e. The molecule has 0 heterocycles. The molecular formula is C23H30. The van der Waals surface area contributed by atoms with Crippen LogP contribution in [0.3, 0.4) is 0 Å². The van der Waals surface area contributed by atoms with E-state index in [9.17, 15) is 0 Å². The van der Waals surface area contributed by atoms with Crippen molar-refractivity contribution in [2.24, 2.45) is 27.6 Å². The number of rotatable bonds is 0. The van der Waals surface area contributed by atoms with E-state index >= 15 is 0 Å². The zero-order chi connectivity index (χ0) is 16.7. The number of hydrogen-bond acceptors (Lipinski definition) is 0. The lowest BCUT2D eigenvalue weighted by atomic mass is 9.17. The maximum atomic E-state index is 3.48. The molecule has 4 unspecified atom stereocenters. The Morgan fingerprint density at radius 3 is 2.04 bits per heavy atom. The standard InChI is InChI=1S/C23H30/c1-16(2)10-11-17-8-7-9-18-14-22(5)20(3)12-13-21(20,4)23(22,6)15-19(17)18/h7-9,16H,12-15H2,1-6H3. The lowest BCUT2D eigenvalue weighted by molar-refractivity contribution is -0.378. The van der Waals surface area contributed by atoms with E-state index in [1.165, 1.54) is 31.2 Å². The fourth-order valence-electron chi connectivity index (χ4n) is 6.66. The van der Waals surface area contributed by atoms with Crippen molar-refractivity contribution in [3.05, 3.63) is 34.9 Å². The Labute approximate surface area is 142 Å². The van der Waals surface area contributed by atoms with Crippen molar-refractivity contribution in [3.63, 3.8) is 0 Å². The van der Waals surface area contributed by atoms with Crippen LogP contribution < -0.4 is 0 Å². The van der Waals surface area contributed by atoms with Gasteiger partial charge in [-0.05, 0) is 64.5 Å². The monoisotopic (exact) mass is 306 g/mol. The SMILES string of the molecule is CC(C)C#Cc1cccc2c1CC1(C)C3(C)CCC3(C)C1(C)C2. The Kier molecular flexibility index (Phi) is 2.82. The molecule has 122 valence electrons. The van der Waals surface area contributed by atoms with Crippen LogP contribution >= 0.6 is 0 Å². The average molecular weight is 306 g/mol. The van der Waals surface area contributed by atoms with Crippen LogP contribution in [0.1, 0.15) is 71.1 Å². The summed E-state index contributed by atoms with van der Waals surface area (Å²) in [5.74, 6) is 7.29. The van der Waals surface area contributed by atoms with Gasteiger partial charge in [0.2, 0.25) is 0 Å². The third-order valence-electron chi connectivity index (χ3n) is 8.84. The quantitative estimate of drug-likeness (QED) is 0.545. The summed E-state index contributed by atoms with van der Waals surface area (Å²) in [6.07, 6.45) is 5.28. The van der Waals surface area contributed by atoms with E-state index in [0.717, 1.165) is 0 Å². The van der Waals surface area contributed by atoms with Crippen LogP contribution in [0.15, 0.2) is 18.2 Å². The van der Waals surface area contributed by atoms with Crippen molar-refractivity contribution in [3.8, 4) is 11.8 Å². The van der Waals surface area contributed by atoms with E-state index in [4.69, 9.17) is 0 Å². The molecule has 23 heavy (non-hydrogen) atoms. The molecule has 0 nitrogen and oxygen atoms in total. The normalized spacial score (nSPS) is 43.3. The van der Waals surface area contributed by atoms with Gasteiger partial charge in [-0.1, -0.05) is 65.5 Å². The number of benzene rings is 1. The molecule has 2 saturated carbocycles. The molecule has 0 spiro atoms. The molecule has 0 radical (unpaired) electrons. The highest BCUT2D eigenvalue weighted by Crippen LogP contribution is 2.88. The molecule has 4 rings (SSSR count). The Morgan fingerprint density at radius 2 is 1.48 bits per heavy atom. The van der Waals surface area contributed by atoms with Crippen molar-refractivity contribution < 1.29 is 0 Å². The minimum absolute atomic E-state index is 0.426. The minimum atomic E-state index is 0.426. The second-order valence-corrected chi connectivity index (χ2v) is 9.55. The third-order valence-corrected chi connectivity index (χ3v) is 8.84. The van der Waals surface area contributed by atoms with Crippen LogP contribution in [0.2, 0.25) is 0 Å². The van der Waals surface area contributed by atoms with E-state index in [1.54, 1.807) is 11.1 Å². The van der Waals surface area contributed by atoms with E-state index < -0.39 is 0 Å². The van der Waals surface area contributed by atoms with Gasteiger partial charge in [0.15, 0.2) is 0 Å². The van der Waals surface area contributed by atoms with Crippen LogP contribution in [0.4, 0.5) is 0 Å². The molecule has 1 aromatic carbocycles. The summed E-state index contributed by atoms with van der Waals surface area (Å²) in [6, 6.07) is 6.82. The largest absolute Gasteiger partial charge is 0.0951 e. The van der Waals surface area contributed by atoms with Gasteiger partial charge in [0.25, 0.3) is 0 Å². The highest BCUT2D eigenvalue weighted by atomic mass is 14.9. The third kappa shape index (κ3) is 1.46. The topological polar surface area (TPSA) is 0 Å². The van der Waals surface area contributed by atoms with E-state index in [2.05, 4.69) is 71.6 Å². The molecule has 0 bridgehead atoms. The van der Waals surface area contributed by atoms with E-state index in [0.29, 0.717) is 27.6 Å². The van der Waals surface area contributed by atoms with Gasteiger partial charge in [0.05, 0.1) is 0 Å². The summed E-state index contributed by atoms with van der Waals surface area (Å²) in [5.41, 5.74) is 6.33.